The molecule has 4 rings (SSSR count). The van der Waals surface area contributed by atoms with E-state index in [9.17, 15) is 14.4 Å². The minimum absolute atomic E-state index is 0.0501. The number of rotatable bonds is 11. The van der Waals surface area contributed by atoms with Crippen molar-refractivity contribution in [1.82, 2.24) is 9.88 Å². The molecule has 1 aliphatic heterocycles. The van der Waals surface area contributed by atoms with E-state index in [0.717, 1.165) is 53.9 Å². The SMILES string of the molecule is CCCCC(=O)c1cc(C(C)(C)C)cc(N(N)C(=O)c2ccc(C)c(Oc3ccnc(CC4CCN(C(=O)OC(C)(C)C)CC4)c3)c2)c1OC. The molecule has 0 aliphatic carbocycles. The Balaban J connectivity index is 1.51. The summed E-state index contributed by atoms with van der Waals surface area (Å²) < 4.78 is 17.6. The Kier molecular flexibility index (Phi) is 12.3. The second-order valence-electron chi connectivity index (χ2n) is 15.2. The van der Waals surface area contributed by atoms with Gasteiger partial charge in [-0.3, -0.25) is 14.6 Å². The van der Waals surface area contributed by atoms with Crippen LogP contribution in [0.15, 0.2) is 48.7 Å². The molecule has 50 heavy (non-hydrogen) atoms. The smallest absolute Gasteiger partial charge is 0.410 e. The van der Waals surface area contributed by atoms with Crippen LogP contribution in [0.2, 0.25) is 0 Å². The number of hydrazine groups is 1. The zero-order chi connectivity index (χ0) is 36.8. The Morgan fingerprint density at radius 1 is 1.00 bits per heavy atom. The molecule has 2 N–H and O–H groups in total. The summed E-state index contributed by atoms with van der Waals surface area (Å²) in [6.45, 7) is 17.0. The molecule has 0 saturated carbocycles. The van der Waals surface area contributed by atoms with Crippen LogP contribution in [0, 0.1) is 12.8 Å². The first-order valence-electron chi connectivity index (χ1n) is 17.6. The number of anilines is 1. The molecule has 0 unspecified atom stereocenters. The summed E-state index contributed by atoms with van der Waals surface area (Å²) in [5, 5.41) is 1.05. The van der Waals surface area contributed by atoms with Crippen molar-refractivity contribution in [3.63, 3.8) is 0 Å². The van der Waals surface area contributed by atoms with Crippen molar-refractivity contribution in [2.75, 3.05) is 25.2 Å². The highest BCUT2D eigenvalue weighted by atomic mass is 16.6. The molecular weight excluding hydrogens is 632 g/mol. The van der Waals surface area contributed by atoms with Gasteiger partial charge in [-0.05, 0) is 106 Å². The van der Waals surface area contributed by atoms with E-state index in [1.54, 1.807) is 29.3 Å². The number of pyridine rings is 1. The van der Waals surface area contributed by atoms with E-state index < -0.39 is 11.5 Å². The van der Waals surface area contributed by atoms with E-state index in [0.29, 0.717) is 53.7 Å². The molecule has 1 saturated heterocycles. The van der Waals surface area contributed by atoms with E-state index in [1.807, 2.05) is 79.7 Å². The van der Waals surface area contributed by atoms with Crippen LogP contribution >= 0.6 is 0 Å². The van der Waals surface area contributed by atoms with Gasteiger partial charge in [-0.25, -0.2) is 15.6 Å². The van der Waals surface area contributed by atoms with E-state index in [-0.39, 0.29) is 23.0 Å². The largest absolute Gasteiger partial charge is 0.494 e. The number of aromatic nitrogens is 1. The number of carbonyl (C=O) groups excluding carboxylic acids is 3. The number of unbranched alkanes of at least 4 members (excludes halogenated alkanes) is 1. The molecule has 10 nitrogen and oxygen atoms in total. The average Bonchev–Trinajstić information content (AvgIpc) is 3.06. The van der Waals surface area contributed by atoms with Gasteiger partial charge in [-0.15, -0.1) is 0 Å². The molecule has 0 atom stereocenters. The minimum Gasteiger partial charge on any atom is -0.494 e. The van der Waals surface area contributed by atoms with Gasteiger partial charge in [0.05, 0.1) is 12.7 Å². The number of Topliss-reactive ketones (excluding diaryl/α,β-unsaturated/α-hetero) is 1. The highest BCUT2D eigenvalue weighted by Gasteiger charge is 2.29. The summed E-state index contributed by atoms with van der Waals surface area (Å²) in [6, 6.07) is 12.6. The van der Waals surface area contributed by atoms with Gasteiger partial charge in [0.1, 0.15) is 22.8 Å². The maximum absolute atomic E-state index is 13.9. The zero-order valence-corrected chi connectivity index (χ0v) is 31.2. The van der Waals surface area contributed by atoms with Crippen molar-refractivity contribution >= 4 is 23.5 Å². The molecule has 2 heterocycles. The Morgan fingerprint density at radius 3 is 2.32 bits per heavy atom. The average molecular weight is 687 g/mol. The van der Waals surface area contributed by atoms with E-state index in [4.69, 9.17) is 20.1 Å². The molecule has 10 heteroatoms. The van der Waals surface area contributed by atoms with Crippen LogP contribution in [0.3, 0.4) is 0 Å². The van der Waals surface area contributed by atoms with Crippen LogP contribution in [-0.4, -0.2) is 53.5 Å². The number of ketones is 1. The zero-order valence-electron chi connectivity index (χ0n) is 31.2. The van der Waals surface area contributed by atoms with E-state index >= 15 is 0 Å². The molecule has 0 bridgehead atoms. The maximum atomic E-state index is 13.9. The Bertz CT molecular complexity index is 1680. The standard InChI is InChI=1S/C40H54N4O6/c1-10-11-12-34(45)32-23-29(39(3,4)5)24-33(36(32)48-9)44(41)37(46)28-14-13-26(2)35(22-28)49-31-15-18-42-30(25-31)21-27-16-19-43(20-17-27)38(47)50-40(6,7)8/h13-15,18,22-25,27H,10-12,16-17,19-21,41H2,1-9H3. The van der Waals surface area contributed by atoms with Crippen molar-refractivity contribution < 1.29 is 28.6 Å². The van der Waals surface area contributed by atoms with Crippen molar-refractivity contribution in [3.05, 3.63) is 76.6 Å². The van der Waals surface area contributed by atoms with Crippen LogP contribution in [-0.2, 0) is 16.6 Å². The van der Waals surface area contributed by atoms with Crippen LogP contribution < -0.4 is 20.3 Å². The van der Waals surface area contributed by atoms with Gasteiger partial charge >= 0.3 is 6.09 Å². The number of hydrogen-bond donors (Lipinski definition) is 1. The minimum atomic E-state index is -0.516. The molecule has 2 aromatic carbocycles. The van der Waals surface area contributed by atoms with Crippen molar-refractivity contribution in [2.24, 2.45) is 11.8 Å². The fraction of sp³-hybridized carbons (Fsp3) is 0.500. The van der Waals surface area contributed by atoms with Gasteiger partial charge in [0, 0.05) is 43.0 Å². The second-order valence-corrected chi connectivity index (χ2v) is 15.2. The topological polar surface area (TPSA) is 124 Å². The number of nitrogens with two attached hydrogens (primary N) is 1. The van der Waals surface area contributed by atoms with Crippen molar-refractivity contribution in [3.8, 4) is 17.2 Å². The lowest BCUT2D eigenvalue weighted by Gasteiger charge is -2.33. The third-order valence-electron chi connectivity index (χ3n) is 8.89. The summed E-state index contributed by atoms with van der Waals surface area (Å²) >= 11 is 0. The van der Waals surface area contributed by atoms with Gasteiger partial charge in [-0.2, -0.15) is 0 Å². The summed E-state index contributed by atoms with van der Waals surface area (Å²) in [5.74, 6) is 7.80. The van der Waals surface area contributed by atoms with Gasteiger partial charge in [0.15, 0.2) is 11.5 Å². The summed E-state index contributed by atoms with van der Waals surface area (Å²) in [7, 11) is 1.48. The third kappa shape index (κ3) is 9.84. The van der Waals surface area contributed by atoms with Crippen LogP contribution in [0.5, 0.6) is 17.2 Å². The molecule has 1 aliphatic rings. The number of carbonyl (C=O) groups is 3. The molecule has 3 aromatic rings. The molecular formula is C40H54N4O6. The number of nitrogens with zero attached hydrogens (tertiary/aromatic N) is 3. The molecule has 270 valence electrons. The van der Waals surface area contributed by atoms with Crippen molar-refractivity contribution in [1.29, 1.82) is 0 Å². The monoisotopic (exact) mass is 686 g/mol. The fourth-order valence-electron chi connectivity index (χ4n) is 5.91. The van der Waals surface area contributed by atoms with Gasteiger partial charge in [0.2, 0.25) is 0 Å². The van der Waals surface area contributed by atoms with Gasteiger partial charge in [-0.1, -0.05) is 40.2 Å². The number of hydrogen-bond acceptors (Lipinski definition) is 8. The highest BCUT2D eigenvalue weighted by Crippen LogP contribution is 2.38. The van der Waals surface area contributed by atoms with Crippen LogP contribution in [0.1, 0.15) is 118 Å². The number of piperidine rings is 1. The number of aryl methyl sites for hydroxylation is 1. The normalized spacial score (nSPS) is 13.9. The predicted octanol–water partition coefficient (Wildman–Crippen LogP) is 8.57. The lowest BCUT2D eigenvalue weighted by atomic mass is 9.84. The molecule has 0 spiro atoms. The van der Waals surface area contributed by atoms with Crippen molar-refractivity contribution in [2.45, 2.75) is 105 Å². The first-order chi connectivity index (χ1) is 23.5. The Hall–Kier alpha value is -4.44. The van der Waals surface area contributed by atoms with Crippen LogP contribution in [0.4, 0.5) is 10.5 Å². The van der Waals surface area contributed by atoms with Gasteiger partial charge < -0.3 is 19.1 Å². The number of benzene rings is 2. The maximum Gasteiger partial charge on any atom is 0.410 e. The fourth-order valence-corrected chi connectivity index (χ4v) is 5.91. The lowest BCUT2D eigenvalue weighted by molar-refractivity contribution is 0.0184. The van der Waals surface area contributed by atoms with E-state index in [1.165, 1.54) is 7.11 Å². The number of ether oxygens (including phenoxy) is 3. The lowest BCUT2D eigenvalue weighted by Crippen LogP contribution is -2.42. The first-order valence-corrected chi connectivity index (χ1v) is 17.6. The summed E-state index contributed by atoms with van der Waals surface area (Å²) in [4.78, 5) is 46.0. The summed E-state index contributed by atoms with van der Waals surface area (Å²) in [5.41, 5.74) is 2.84. The molecule has 0 radical (unpaired) electrons. The number of methoxy groups -OCH3 is 1. The number of likely N-dealkylation sites (tertiary alicyclic amines) is 1. The van der Waals surface area contributed by atoms with Gasteiger partial charge in [0.25, 0.3) is 5.91 Å². The second kappa shape index (κ2) is 16.1. The van der Waals surface area contributed by atoms with Crippen LogP contribution in [0.25, 0.3) is 0 Å². The predicted molar refractivity (Wildman–Crippen MR) is 196 cm³/mol. The Morgan fingerprint density at radius 2 is 1.70 bits per heavy atom. The summed E-state index contributed by atoms with van der Waals surface area (Å²) in [6.07, 6.45) is 5.96. The highest BCUT2D eigenvalue weighted by molar-refractivity contribution is 6.08. The number of amides is 2. The molecule has 2 amide bonds. The molecule has 1 fully saturated rings. The Labute approximate surface area is 297 Å². The molecule has 1 aromatic heterocycles. The quantitative estimate of drug-likeness (QED) is 0.0921. The van der Waals surface area contributed by atoms with E-state index in [2.05, 4.69) is 4.98 Å². The third-order valence-corrected chi connectivity index (χ3v) is 8.89. The first kappa shape index (κ1) is 38.4.